The lowest BCUT2D eigenvalue weighted by Gasteiger charge is -2.32. The lowest BCUT2D eigenvalue weighted by Crippen LogP contribution is -2.47. The lowest BCUT2D eigenvalue weighted by atomic mass is 9.82. The molecule has 8 aliphatic rings. The van der Waals surface area contributed by atoms with E-state index in [4.69, 9.17) is 28.4 Å². The van der Waals surface area contributed by atoms with Crippen molar-refractivity contribution in [3.63, 3.8) is 0 Å². The number of fused-ring (bicyclic) bond motifs is 6. The molecule has 0 unspecified atom stereocenters. The summed E-state index contributed by atoms with van der Waals surface area (Å²) in [6.45, 7) is 18.6. The Bertz CT molecular complexity index is 4160. The first-order valence-corrected chi connectivity index (χ1v) is 41.0. The van der Waals surface area contributed by atoms with E-state index in [0.717, 1.165) is 12.8 Å². The number of amides is 4. The van der Waals surface area contributed by atoms with Crippen molar-refractivity contribution in [2.45, 2.75) is 231 Å². The van der Waals surface area contributed by atoms with Gasteiger partial charge in [-0.25, -0.2) is 35.6 Å². The van der Waals surface area contributed by atoms with E-state index in [1.165, 1.54) is 60.7 Å². The highest BCUT2D eigenvalue weighted by Gasteiger charge is 2.63. The van der Waals surface area contributed by atoms with E-state index >= 15 is 8.78 Å². The molecule has 0 radical (unpaired) electrons. The highest BCUT2D eigenvalue weighted by molar-refractivity contribution is 7.91. The number of Topliss-reactive ketones (excluding diaryl/α,β-unsaturated/α-hetero) is 2. The third-order valence-corrected chi connectivity index (χ3v) is 26.2. The maximum absolute atomic E-state index is 15.2. The zero-order valence-corrected chi connectivity index (χ0v) is 65.5. The molecular weight excluding hydrogens is 1440 g/mol. The normalized spacial score (nSPS) is 30.0. The van der Waals surface area contributed by atoms with E-state index in [1.807, 2.05) is 38.2 Å². The SMILES string of the molecule is COc1ccc2c(O[C@@H]3C[C@H]4C(=O)C[C@]5(C(=O)NS(=O)(=O)C6CC6)C[C@H]5/C=C\CC[C@@H](C)C[C@@H](C)[C@H](CC(=O)OC(C)(C)C)C(=O)N4C3)nccc2c1F.COc1ccc2c(O[C@@H]3C[C@H]4C(=O)C[C@]5(C(=O)NS(=O)(=O)C6CC6)C[C@H]5/C=C\CC[C@H](C)C[C@@H](C)[C@H](CC(=O)OC(C)(C)C)C(=O)N4C3)nccc2c1F. The quantitative estimate of drug-likeness (QED) is 0.0777. The van der Waals surface area contributed by atoms with Crippen LogP contribution in [0.5, 0.6) is 23.3 Å². The molecule has 4 aliphatic heterocycles. The molecule has 0 spiro atoms. The van der Waals surface area contributed by atoms with Crippen LogP contribution in [-0.2, 0) is 67.9 Å². The third-order valence-electron chi connectivity index (χ3n) is 22.6. The summed E-state index contributed by atoms with van der Waals surface area (Å²) in [5.74, 6) is -7.36. The molecule has 4 aliphatic carbocycles. The molecule has 4 amide bonds. The number of hydrogen-bond acceptors (Lipinski definition) is 20. The second kappa shape index (κ2) is 32.1. The van der Waals surface area contributed by atoms with Gasteiger partial charge in [0.15, 0.2) is 34.7 Å². The van der Waals surface area contributed by atoms with E-state index in [-0.39, 0.29) is 121 Å². The monoisotopic (exact) mass is 1540 g/mol. The number of pyridine rings is 2. The number of allylic oxidation sites excluding steroid dienone is 4. The Labute approximate surface area is 631 Å². The number of carbonyl (C=O) groups excluding carboxylic acids is 8. The summed E-state index contributed by atoms with van der Waals surface area (Å²) in [6.07, 6.45) is 15.1. The number of rotatable bonds is 16. The topological polar surface area (TPSA) is 317 Å². The van der Waals surface area contributed by atoms with Gasteiger partial charge in [0.25, 0.3) is 0 Å². The Morgan fingerprint density at radius 3 is 1.25 bits per heavy atom. The lowest BCUT2D eigenvalue weighted by molar-refractivity contribution is -0.160. The minimum atomic E-state index is -3.88. The van der Waals surface area contributed by atoms with Gasteiger partial charge in [0.2, 0.25) is 55.4 Å². The van der Waals surface area contributed by atoms with Crippen molar-refractivity contribution in [1.82, 2.24) is 29.2 Å². The number of nitrogens with zero attached hydrogens (tertiary/aromatic N) is 4. The van der Waals surface area contributed by atoms with Crippen molar-refractivity contribution < 1.29 is 92.4 Å². The Balaban J connectivity index is 0.000000215. The Morgan fingerprint density at radius 2 is 0.907 bits per heavy atom. The van der Waals surface area contributed by atoms with E-state index in [1.54, 1.807) is 53.7 Å². The zero-order chi connectivity index (χ0) is 78.3. The summed E-state index contributed by atoms with van der Waals surface area (Å²) < 4.78 is 121. The average molecular weight is 1540 g/mol. The number of carbonyl (C=O) groups is 8. The molecule has 0 bridgehead atoms. The van der Waals surface area contributed by atoms with Crippen LogP contribution in [0.2, 0.25) is 0 Å². The number of ether oxygens (including phenoxy) is 6. The summed E-state index contributed by atoms with van der Waals surface area (Å²) in [5.41, 5.74) is -4.12. The second-order valence-corrected chi connectivity index (χ2v) is 37.5. The first kappa shape index (κ1) is 80.9. The molecule has 4 aromatic rings. The van der Waals surface area contributed by atoms with Crippen LogP contribution < -0.4 is 28.4 Å². The second-order valence-electron chi connectivity index (χ2n) is 33.6. The summed E-state index contributed by atoms with van der Waals surface area (Å²) in [7, 11) is -5.01. The smallest absolute Gasteiger partial charge is 0.307 e. The van der Waals surface area contributed by atoms with Gasteiger partial charge in [-0.15, -0.1) is 0 Å². The Morgan fingerprint density at radius 1 is 0.537 bits per heavy atom. The summed E-state index contributed by atoms with van der Waals surface area (Å²) in [5, 5.41) is -0.0331. The van der Waals surface area contributed by atoms with Crippen molar-refractivity contribution in [3.05, 3.63) is 84.7 Å². The number of nitrogens with one attached hydrogen (secondary N) is 2. The molecule has 14 atom stereocenters. The highest BCUT2D eigenvalue weighted by Crippen LogP contribution is 2.59. The molecule has 12 rings (SSSR count). The molecule has 28 heteroatoms. The first-order valence-electron chi connectivity index (χ1n) is 38.0. The van der Waals surface area contributed by atoms with Crippen LogP contribution >= 0.6 is 0 Å². The average Bonchev–Trinajstić information content (AvgIpc) is 1.57. The molecule has 588 valence electrons. The number of aromatic nitrogens is 2. The molecular formula is C80H104F2N6O18S2. The fraction of sp³-hybridized carbons (Fsp3) is 0.625. The van der Waals surface area contributed by atoms with Gasteiger partial charge < -0.3 is 38.2 Å². The maximum atomic E-state index is 15.2. The van der Waals surface area contributed by atoms with Crippen LogP contribution in [0, 0.1) is 69.8 Å². The molecule has 2 saturated heterocycles. The largest absolute Gasteiger partial charge is 0.494 e. The number of sulfonamides is 2. The van der Waals surface area contributed by atoms with Gasteiger partial charge in [0.05, 0.1) is 85.4 Å². The Kier molecular flexibility index (Phi) is 24.0. The number of benzene rings is 2. The van der Waals surface area contributed by atoms with Gasteiger partial charge >= 0.3 is 11.9 Å². The Hall–Kier alpha value is -8.14. The van der Waals surface area contributed by atoms with Gasteiger partial charge in [0, 0.05) is 59.6 Å². The molecule has 24 nitrogen and oxygen atoms in total. The number of esters is 2. The molecule has 6 fully saturated rings. The van der Waals surface area contributed by atoms with Crippen LogP contribution in [0.15, 0.2) is 73.1 Å². The van der Waals surface area contributed by atoms with Crippen LogP contribution in [0.25, 0.3) is 21.5 Å². The minimum absolute atomic E-state index is 0.0301. The highest BCUT2D eigenvalue weighted by atomic mass is 32.2. The molecule has 2 aromatic heterocycles. The van der Waals surface area contributed by atoms with Crippen molar-refractivity contribution in [3.8, 4) is 23.3 Å². The number of ketones is 2. The van der Waals surface area contributed by atoms with Crippen LogP contribution in [-0.4, -0.2) is 157 Å². The standard InChI is InChI=1S/2C40H52FN3O9S/c2*1-23-9-7-8-10-25-20-40(25,38(48)43-54(49,50)27-11-12-27)21-32(45)31-18-26(52-36-29-13-14-33(51-6)35(41)28(29)15-16-42-36)22-44(31)37(47)30(24(2)17-23)19-34(46)53-39(3,4)5/h2*8,10,13-16,23-27,30-31H,7,9,11-12,17-22H2,1-6H3,(H,43,48)/b2*10-8-/t23-,24+,25+,26+,30-,31-,40+;23-,24-,25-,26-,30+,31+,40-/m01/s1. The minimum Gasteiger partial charge on any atom is -0.494 e. The van der Waals surface area contributed by atoms with Crippen molar-refractivity contribution in [2.75, 3.05) is 27.3 Å². The van der Waals surface area contributed by atoms with E-state index in [0.29, 0.717) is 75.0 Å². The van der Waals surface area contributed by atoms with Crippen LogP contribution in [0.4, 0.5) is 8.78 Å². The van der Waals surface area contributed by atoms with Gasteiger partial charge in [-0.2, -0.15) is 0 Å². The van der Waals surface area contributed by atoms with Crippen LogP contribution in [0.3, 0.4) is 0 Å². The van der Waals surface area contributed by atoms with Crippen LogP contribution in [0.1, 0.15) is 185 Å². The van der Waals surface area contributed by atoms with Gasteiger partial charge in [-0.3, -0.25) is 47.8 Å². The molecule has 6 heterocycles. The number of hydrogen-bond donors (Lipinski definition) is 2. The van der Waals surface area contributed by atoms with E-state index < -0.39 is 147 Å². The van der Waals surface area contributed by atoms with Gasteiger partial charge in [0.1, 0.15) is 23.4 Å². The first-order chi connectivity index (χ1) is 50.8. The van der Waals surface area contributed by atoms with Crippen molar-refractivity contribution >= 4 is 88.7 Å². The fourth-order valence-electron chi connectivity index (χ4n) is 16.3. The van der Waals surface area contributed by atoms with Crippen molar-refractivity contribution in [1.29, 1.82) is 0 Å². The third kappa shape index (κ3) is 18.7. The predicted octanol–water partition coefficient (Wildman–Crippen LogP) is 11.3. The van der Waals surface area contributed by atoms with E-state index in [2.05, 4.69) is 33.3 Å². The zero-order valence-electron chi connectivity index (χ0n) is 63.9. The molecule has 2 aromatic carbocycles. The molecule has 4 saturated carbocycles. The fourth-order valence-corrected chi connectivity index (χ4v) is 19.0. The number of methoxy groups -OCH3 is 2. The van der Waals surface area contributed by atoms with E-state index in [9.17, 15) is 55.2 Å². The number of halogens is 2. The molecule has 2 N–H and O–H groups in total. The summed E-state index contributed by atoms with van der Waals surface area (Å²) in [6, 6.07) is 7.12. The maximum Gasteiger partial charge on any atom is 0.307 e. The summed E-state index contributed by atoms with van der Waals surface area (Å²) in [4.78, 5) is 124. The molecule has 108 heavy (non-hydrogen) atoms. The predicted molar refractivity (Wildman–Crippen MR) is 397 cm³/mol. The summed E-state index contributed by atoms with van der Waals surface area (Å²) >= 11 is 0. The van der Waals surface area contributed by atoms with Crippen molar-refractivity contribution in [2.24, 2.45) is 58.2 Å². The van der Waals surface area contributed by atoms with Gasteiger partial charge in [-0.05, 0) is 190 Å². The van der Waals surface area contributed by atoms with Gasteiger partial charge in [-0.1, -0.05) is 52.0 Å².